The summed E-state index contributed by atoms with van der Waals surface area (Å²) < 4.78 is 13.7. The molecule has 110 valence electrons. The van der Waals surface area contributed by atoms with Crippen LogP contribution in [0.5, 0.6) is 0 Å². The number of fused-ring (bicyclic) bond motifs is 1. The molecule has 2 rings (SSSR count). The van der Waals surface area contributed by atoms with Crippen molar-refractivity contribution in [1.29, 1.82) is 0 Å². The molecule has 0 heterocycles. The van der Waals surface area contributed by atoms with Crippen molar-refractivity contribution < 1.29 is 14.4 Å². The third-order valence-corrected chi connectivity index (χ3v) is 3.29. The number of carbonyl (C=O) groups is 1. The second kappa shape index (κ2) is 5.40. The highest BCUT2D eigenvalue weighted by Crippen LogP contribution is 2.22. The van der Waals surface area contributed by atoms with Crippen molar-refractivity contribution in [3.05, 3.63) is 47.8 Å². The molecule has 2 aromatic rings. The van der Waals surface area contributed by atoms with Crippen LogP contribution < -0.4 is 11.1 Å². The molecule has 0 spiro atoms. The Kier molecular flexibility index (Phi) is 3.80. The minimum absolute atomic E-state index is 0.123. The Balaban J connectivity index is 2.44. The monoisotopic (exact) mass is 289 g/mol. The zero-order valence-corrected chi connectivity index (χ0v) is 11.7. The lowest BCUT2D eigenvalue weighted by Gasteiger charge is -2.24. The van der Waals surface area contributed by atoms with Gasteiger partial charge >= 0.3 is 0 Å². The van der Waals surface area contributed by atoms with E-state index in [9.17, 15) is 9.18 Å². The molecule has 0 bridgehead atoms. The van der Waals surface area contributed by atoms with E-state index in [2.05, 4.69) is 10.5 Å². The van der Waals surface area contributed by atoms with E-state index in [0.29, 0.717) is 16.3 Å². The number of carbonyl (C=O) groups excluding carboxylic acids is 1. The van der Waals surface area contributed by atoms with Gasteiger partial charge in [-0.1, -0.05) is 29.4 Å². The summed E-state index contributed by atoms with van der Waals surface area (Å²) in [5, 5.41) is 15.2. The Morgan fingerprint density at radius 1 is 1.24 bits per heavy atom. The molecule has 0 aliphatic carbocycles. The van der Waals surface area contributed by atoms with Gasteiger partial charge in [0, 0.05) is 10.9 Å². The largest absolute Gasteiger partial charge is 0.409 e. The zero-order chi connectivity index (χ0) is 15.6. The van der Waals surface area contributed by atoms with Crippen molar-refractivity contribution >= 4 is 22.5 Å². The van der Waals surface area contributed by atoms with Crippen molar-refractivity contribution in [3.8, 4) is 0 Å². The first-order chi connectivity index (χ1) is 9.86. The minimum atomic E-state index is -1.03. The molecular formula is C15H16FN3O2. The smallest absolute Gasteiger partial charge is 0.252 e. The van der Waals surface area contributed by atoms with E-state index < -0.39 is 17.3 Å². The SMILES string of the molecule is CC(C)(NC(=O)c1ccc(F)c2ccccc12)/C(N)=N/O. The lowest BCUT2D eigenvalue weighted by molar-refractivity contribution is 0.0932. The second-order valence-corrected chi connectivity index (χ2v) is 5.20. The van der Waals surface area contributed by atoms with Crippen molar-refractivity contribution in [2.45, 2.75) is 19.4 Å². The lowest BCUT2D eigenvalue weighted by Crippen LogP contribution is -2.53. The molecule has 0 radical (unpaired) electrons. The number of amidine groups is 1. The summed E-state index contributed by atoms with van der Waals surface area (Å²) in [5.74, 6) is -0.942. The molecule has 0 unspecified atom stereocenters. The maximum Gasteiger partial charge on any atom is 0.252 e. The number of hydrogen-bond donors (Lipinski definition) is 3. The topological polar surface area (TPSA) is 87.7 Å². The summed E-state index contributed by atoms with van der Waals surface area (Å²) in [7, 11) is 0. The fourth-order valence-corrected chi connectivity index (χ4v) is 2.00. The average Bonchev–Trinajstić information content (AvgIpc) is 2.46. The van der Waals surface area contributed by atoms with Gasteiger partial charge in [0.25, 0.3) is 5.91 Å². The first-order valence-corrected chi connectivity index (χ1v) is 6.34. The normalized spacial score (nSPS) is 12.4. The van der Waals surface area contributed by atoms with Crippen LogP contribution in [0.15, 0.2) is 41.6 Å². The first kappa shape index (κ1) is 14.8. The maximum atomic E-state index is 13.7. The van der Waals surface area contributed by atoms with Gasteiger partial charge in [-0.05, 0) is 31.4 Å². The van der Waals surface area contributed by atoms with Crippen LogP contribution in [0.4, 0.5) is 4.39 Å². The molecule has 0 fully saturated rings. The van der Waals surface area contributed by atoms with Gasteiger partial charge in [0.2, 0.25) is 0 Å². The van der Waals surface area contributed by atoms with Crippen LogP contribution in [0.3, 0.4) is 0 Å². The Labute approximate surface area is 121 Å². The molecule has 0 aromatic heterocycles. The summed E-state index contributed by atoms with van der Waals surface area (Å²) in [6.45, 7) is 3.21. The summed E-state index contributed by atoms with van der Waals surface area (Å²) in [4.78, 5) is 12.4. The summed E-state index contributed by atoms with van der Waals surface area (Å²) in [5.41, 5.74) is 4.84. The summed E-state index contributed by atoms with van der Waals surface area (Å²) in [6, 6.07) is 9.36. The number of rotatable bonds is 3. The van der Waals surface area contributed by atoms with Gasteiger partial charge in [-0.3, -0.25) is 4.79 Å². The molecular weight excluding hydrogens is 273 g/mol. The molecule has 0 saturated carbocycles. The van der Waals surface area contributed by atoms with E-state index in [4.69, 9.17) is 10.9 Å². The second-order valence-electron chi connectivity index (χ2n) is 5.20. The predicted octanol–water partition coefficient (Wildman–Crippen LogP) is 2.23. The van der Waals surface area contributed by atoms with Crippen LogP contribution in [0.25, 0.3) is 10.8 Å². The third kappa shape index (κ3) is 2.79. The molecule has 6 heteroatoms. The molecule has 2 aromatic carbocycles. The van der Waals surface area contributed by atoms with Gasteiger partial charge < -0.3 is 16.3 Å². The number of nitrogens with two attached hydrogens (primary N) is 1. The van der Waals surface area contributed by atoms with Crippen LogP contribution in [0, 0.1) is 5.82 Å². The van der Waals surface area contributed by atoms with Gasteiger partial charge in [0.1, 0.15) is 5.82 Å². The third-order valence-electron chi connectivity index (χ3n) is 3.29. The van der Waals surface area contributed by atoms with Crippen LogP contribution >= 0.6 is 0 Å². The highest BCUT2D eigenvalue weighted by molar-refractivity contribution is 6.09. The van der Waals surface area contributed by atoms with E-state index in [1.807, 2.05) is 0 Å². The highest BCUT2D eigenvalue weighted by Gasteiger charge is 2.27. The molecule has 5 nitrogen and oxygen atoms in total. The highest BCUT2D eigenvalue weighted by atomic mass is 19.1. The Hall–Kier alpha value is -2.63. The van der Waals surface area contributed by atoms with Crippen LogP contribution in [0.1, 0.15) is 24.2 Å². The Bertz CT molecular complexity index is 726. The molecule has 21 heavy (non-hydrogen) atoms. The fourth-order valence-electron chi connectivity index (χ4n) is 2.00. The Morgan fingerprint density at radius 2 is 1.86 bits per heavy atom. The number of nitrogens with zero attached hydrogens (tertiary/aromatic N) is 1. The van der Waals surface area contributed by atoms with Crippen molar-refractivity contribution in [3.63, 3.8) is 0 Å². The van der Waals surface area contributed by atoms with Crippen LogP contribution in [-0.2, 0) is 0 Å². The minimum Gasteiger partial charge on any atom is -0.409 e. The van der Waals surface area contributed by atoms with Gasteiger partial charge in [-0.25, -0.2) is 4.39 Å². The van der Waals surface area contributed by atoms with Crippen molar-refractivity contribution in [2.75, 3.05) is 0 Å². The van der Waals surface area contributed by atoms with Crippen LogP contribution in [0.2, 0.25) is 0 Å². The average molecular weight is 289 g/mol. The number of halogens is 1. The molecule has 4 N–H and O–H groups in total. The summed E-state index contributed by atoms with van der Waals surface area (Å²) >= 11 is 0. The van der Waals surface area contributed by atoms with Crippen LogP contribution in [-0.4, -0.2) is 22.5 Å². The van der Waals surface area contributed by atoms with Crippen molar-refractivity contribution in [1.82, 2.24) is 5.32 Å². The van der Waals surface area contributed by atoms with Gasteiger partial charge in [0.05, 0.1) is 5.54 Å². The number of hydrogen-bond acceptors (Lipinski definition) is 3. The number of benzene rings is 2. The van der Waals surface area contributed by atoms with Gasteiger partial charge in [-0.2, -0.15) is 0 Å². The van der Waals surface area contributed by atoms with E-state index in [1.165, 1.54) is 12.1 Å². The quantitative estimate of drug-likeness (QED) is 0.350. The lowest BCUT2D eigenvalue weighted by atomic mass is 10.00. The fraction of sp³-hybridized carbons (Fsp3) is 0.200. The number of nitrogens with one attached hydrogen (secondary N) is 1. The number of amides is 1. The van der Waals surface area contributed by atoms with E-state index >= 15 is 0 Å². The zero-order valence-electron chi connectivity index (χ0n) is 11.7. The Morgan fingerprint density at radius 3 is 2.48 bits per heavy atom. The molecule has 0 aliphatic heterocycles. The van der Waals surface area contributed by atoms with E-state index in [0.717, 1.165) is 0 Å². The first-order valence-electron chi connectivity index (χ1n) is 6.34. The summed E-state index contributed by atoms with van der Waals surface area (Å²) in [6.07, 6.45) is 0. The number of oxime groups is 1. The molecule has 0 aliphatic rings. The molecule has 1 amide bonds. The van der Waals surface area contributed by atoms with E-state index in [1.54, 1.807) is 38.1 Å². The van der Waals surface area contributed by atoms with Gasteiger partial charge in [-0.15, -0.1) is 0 Å². The van der Waals surface area contributed by atoms with Crippen molar-refractivity contribution in [2.24, 2.45) is 10.9 Å². The molecule has 0 saturated heterocycles. The molecule has 0 atom stereocenters. The van der Waals surface area contributed by atoms with Gasteiger partial charge in [0.15, 0.2) is 5.84 Å². The maximum absolute atomic E-state index is 13.7. The predicted molar refractivity (Wildman–Crippen MR) is 78.9 cm³/mol. The van der Waals surface area contributed by atoms with E-state index in [-0.39, 0.29) is 5.84 Å². The standard InChI is InChI=1S/C15H16FN3O2/c1-15(2,14(17)19-21)18-13(20)11-7-8-12(16)10-6-4-3-5-9(10)11/h3-8,21H,1-2H3,(H2,17,19)(H,18,20).